The lowest BCUT2D eigenvalue weighted by molar-refractivity contribution is 0.0827. The van der Waals surface area contributed by atoms with Gasteiger partial charge in [-0.2, -0.15) is 0 Å². The van der Waals surface area contributed by atoms with E-state index in [2.05, 4.69) is 34.4 Å². The highest BCUT2D eigenvalue weighted by Gasteiger charge is 2.21. The van der Waals surface area contributed by atoms with Gasteiger partial charge in [0.05, 0.1) is 0 Å². The van der Waals surface area contributed by atoms with Crippen LogP contribution in [-0.2, 0) is 6.54 Å². The number of aliphatic imine (C=N–C) groups is 1. The molecule has 1 aromatic rings. The molecule has 1 heterocycles. The summed E-state index contributed by atoms with van der Waals surface area (Å²) in [7, 11) is 5.33. The Morgan fingerprint density at radius 3 is 2.50 bits per heavy atom. The van der Waals surface area contributed by atoms with Crippen LogP contribution in [0.4, 0.5) is 0 Å². The first kappa shape index (κ1) is 24.7. The van der Waals surface area contributed by atoms with Gasteiger partial charge in [0.15, 0.2) is 5.96 Å². The van der Waals surface area contributed by atoms with Gasteiger partial charge in [-0.15, -0.1) is 24.0 Å². The number of benzene rings is 1. The minimum Gasteiger partial charge on any atom is -0.356 e. The number of carbonyl (C=O) groups is 1. The molecular formula is C21H36IN5O. The second kappa shape index (κ2) is 12.3. The second-order valence-electron chi connectivity index (χ2n) is 7.80. The number of piperidine rings is 1. The predicted molar refractivity (Wildman–Crippen MR) is 128 cm³/mol. The quantitative estimate of drug-likeness (QED) is 0.358. The number of guanidine groups is 1. The third-order valence-corrected chi connectivity index (χ3v) is 5.13. The van der Waals surface area contributed by atoms with Crippen LogP contribution in [0.3, 0.4) is 0 Å². The average molecular weight is 501 g/mol. The van der Waals surface area contributed by atoms with Gasteiger partial charge in [-0.25, -0.2) is 0 Å². The van der Waals surface area contributed by atoms with Crippen LogP contribution in [0.25, 0.3) is 0 Å². The maximum absolute atomic E-state index is 11.9. The molecule has 0 saturated carbocycles. The molecule has 1 aliphatic rings. The van der Waals surface area contributed by atoms with Crippen LogP contribution in [0.1, 0.15) is 42.6 Å². The lowest BCUT2D eigenvalue weighted by Gasteiger charge is -2.35. The summed E-state index contributed by atoms with van der Waals surface area (Å²) in [6, 6.07) is 8.33. The maximum atomic E-state index is 11.9. The van der Waals surface area contributed by atoms with Crippen molar-refractivity contribution in [1.29, 1.82) is 0 Å². The molecular weight excluding hydrogens is 465 g/mol. The number of amides is 1. The highest BCUT2D eigenvalue weighted by atomic mass is 127. The Morgan fingerprint density at radius 1 is 1.25 bits per heavy atom. The summed E-state index contributed by atoms with van der Waals surface area (Å²) in [5.41, 5.74) is 1.83. The minimum absolute atomic E-state index is 0. The minimum atomic E-state index is 0. The third-order valence-electron chi connectivity index (χ3n) is 5.13. The zero-order valence-corrected chi connectivity index (χ0v) is 20.2. The summed E-state index contributed by atoms with van der Waals surface area (Å²) in [6.45, 7) is 8.54. The molecule has 28 heavy (non-hydrogen) atoms. The van der Waals surface area contributed by atoms with E-state index < -0.39 is 0 Å². The summed E-state index contributed by atoms with van der Waals surface area (Å²) < 4.78 is 0. The topological polar surface area (TPSA) is 60.0 Å². The van der Waals surface area contributed by atoms with Crippen molar-refractivity contribution in [2.24, 2.45) is 10.9 Å². The van der Waals surface area contributed by atoms with Gasteiger partial charge in [-0.1, -0.05) is 12.1 Å². The maximum Gasteiger partial charge on any atom is 0.253 e. The van der Waals surface area contributed by atoms with E-state index in [0.717, 1.165) is 24.6 Å². The van der Waals surface area contributed by atoms with Crippen molar-refractivity contribution >= 4 is 35.8 Å². The first-order valence-corrected chi connectivity index (χ1v) is 9.90. The molecule has 2 N–H and O–H groups in total. The summed E-state index contributed by atoms with van der Waals surface area (Å²) in [5, 5.41) is 6.83. The molecule has 0 spiro atoms. The van der Waals surface area contributed by atoms with Gasteiger partial charge in [0.1, 0.15) is 0 Å². The lowest BCUT2D eigenvalue weighted by atomic mass is 9.97. The van der Waals surface area contributed by atoms with Crippen molar-refractivity contribution in [3.8, 4) is 0 Å². The van der Waals surface area contributed by atoms with Crippen molar-refractivity contribution in [1.82, 2.24) is 20.4 Å². The predicted octanol–water partition coefficient (Wildman–Crippen LogP) is 2.79. The number of rotatable bonds is 6. The second-order valence-corrected chi connectivity index (χ2v) is 7.80. The molecule has 0 aliphatic carbocycles. The van der Waals surface area contributed by atoms with Gasteiger partial charge >= 0.3 is 0 Å². The van der Waals surface area contributed by atoms with E-state index in [-0.39, 0.29) is 29.9 Å². The summed E-state index contributed by atoms with van der Waals surface area (Å²) in [5.74, 6) is 1.51. The van der Waals surface area contributed by atoms with E-state index in [1.54, 1.807) is 26.0 Å². The van der Waals surface area contributed by atoms with Gasteiger partial charge in [-0.05, 0) is 56.8 Å². The Hall–Kier alpha value is -1.35. The number of hydrogen-bond donors (Lipinski definition) is 2. The summed E-state index contributed by atoms with van der Waals surface area (Å²) in [6.07, 6.45) is 2.54. The van der Waals surface area contributed by atoms with Gasteiger partial charge in [-0.3, -0.25) is 9.79 Å². The standard InChI is InChI=1S/C21H35N5O.HI/c1-16(2)26-12-6-7-18(15-26)14-24-21(22-3)23-13-17-8-10-19(11-9-17)20(27)25(4)5;/h8-11,16,18H,6-7,12-15H2,1-5H3,(H2,22,23,24);1H. The number of nitrogens with zero attached hydrogens (tertiary/aromatic N) is 3. The van der Waals surface area contributed by atoms with Crippen LogP contribution in [0.5, 0.6) is 0 Å². The number of nitrogens with one attached hydrogen (secondary N) is 2. The molecule has 1 saturated heterocycles. The molecule has 0 radical (unpaired) electrons. The molecule has 158 valence electrons. The fourth-order valence-electron chi connectivity index (χ4n) is 3.40. The SMILES string of the molecule is CN=C(NCc1ccc(C(=O)N(C)C)cc1)NCC1CCCN(C(C)C)C1.I. The third kappa shape index (κ3) is 7.58. The molecule has 1 aliphatic heterocycles. The van der Waals surface area contributed by atoms with Gasteiger partial charge in [0.2, 0.25) is 0 Å². The van der Waals surface area contributed by atoms with Gasteiger partial charge in [0.25, 0.3) is 5.91 Å². The monoisotopic (exact) mass is 501 g/mol. The molecule has 1 amide bonds. The molecule has 1 unspecified atom stereocenters. The van der Waals surface area contributed by atoms with Crippen molar-refractivity contribution in [3.05, 3.63) is 35.4 Å². The van der Waals surface area contributed by atoms with Crippen molar-refractivity contribution < 1.29 is 4.79 Å². The number of likely N-dealkylation sites (tertiary alicyclic amines) is 1. The van der Waals surface area contributed by atoms with Crippen molar-refractivity contribution in [2.45, 2.75) is 39.3 Å². The largest absolute Gasteiger partial charge is 0.356 e. The number of hydrogen-bond acceptors (Lipinski definition) is 3. The van der Waals surface area contributed by atoms with Crippen molar-refractivity contribution in [2.75, 3.05) is 40.8 Å². The number of carbonyl (C=O) groups excluding carboxylic acids is 1. The Morgan fingerprint density at radius 2 is 1.93 bits per heavy atom. The highest BCUT2D eigenvalue weighted by molar-refractivity contribution is 14.0. The van der Waals surface area contributed by atoms with E-state index in [0.29, 0.717) is 24.1 Å². The summed E-state index contributed by atoms with van der Waals surface area (Å²) in [4.78, 5) is 20.4. The van der Waals surface area contributed by atoms with E-state index in [1.165, 1.54) is 19.4 Å². The van der Waals surface area contributed by atoms with Gasteiger partial charge < -0.3 is 20.4 Å². The van der Waals surface area contributed by atoms with E-state index in [1.807, 2.05) is 24.3 Å². The molecule has 2 rings (SSSR count). The van der Waals surface area contributed by atoms with Crippen LogP contribution in [0.15, 0.2) is 29.3 Å². The molecule has 1 fully saturated rings. The van der Waals surface area contributed by atoms with Gasteiger partial charge in [0, 0.05) is 52.4 Å². The van der Waals surface area contributed by atoms with Crippen LogP contribution in [0, 0.1) is 5.92 Å². The highest BCUT2D eigenvalue weighted by Crippen LogP contribution is 2.17. The molecule has 1 aromatic carbocycles. The Kier molecular flexibility index (Phi) is 10.8. The molecule has 0 aromatic heterocycles. The van der Waals surface area contributed by atoms with Crippen LogP contribution in [0.2, 0.25) is 0 Å². The zero-order valence-electron chi connectivity index (χ0n) is 17.9. The fourth-order valence-corrected chi connectivity index (χ4v) is 3.40. The average Bonchev–Trinajstić information content (AvgIpc) is 2.68. The Bertz CT molecular complexity index is 630. The fraction of sp³-hybridized carbons (Fsp3) is 0.619. The molecule has 6 nitrogen and oxygen atoms in total. The van der Waals surface area contributed by atoms with E-state index in [4.69, 9.17) is 0 Å². The summed E-state index contributed by atoms with van der Waals surface area (Å²) >= 11 is 0. The van der Waals surface area contributed by atoms with Crippen LogP contribution < -0.4 is 10.6 Å². The van der Waals surface area contributed by atoms with E-state index >= 15 is 0 Å². The molecule has 7 heteroatoms. The molecule has 0 bridgehead atoms. The first-order chi connectivity index (χ1) is 12.9. The lowest BCUT2D eigenvalue weighted by Crippen LogP contribution is -2.45. The van der Waals surface area contributed by atoms with Crippen LogP contribution >= 0.6 is 24.0 Å². The normalized spacial score (nSPS) is 17.8. The van der Waals surface area contributed by atoms with Crippen molar-refractivity contribution in [3.63, 3.8) is 0 Å². The number of halogens is 1. The Balaban J connectivity index is 0.00000392. The van der Waals surface area contributed by atoms with E-state index in [9.17, 15) is 4.79 Å². The van der Waals surface area contributed by atoms with Crippen LogP contribution in [-0.4, -0.2) is 68.5 Å². The smallest absolute Gasteiger partial charge is 0.253 e. The first-order valence-electron chi connectivity index (χ1n) is 9.90. The Labute approximate surface area is 187 Å². The molecule has 1 atom stereocenters. The zero-order chi connectivity index (χ0) is 19.8.